The number of carbonyl (C=O) groups excluding carboxylic acids is 2. The predicted molar refractivity (Wildman–Crippen MR) is 160 cm³/mol. The van der Waals surface area contributed by atoms with Gasteiger partial charge in [-0.1, -0.05) is 12.1 Å². The van der Waals surface area contributed by atoms with E-state index >= 15 is 0 Å². The summed E-state index contributed by atoms with van der Waals surface area (Å²) in [4.78, 5) is 39.1. The number of nitrogens with zero attached hydrogens (tertiary/aromatic N) is 4. The quantitative estimate of drug-likeness (QED) is 0.303. The molecule has 1 saturated heterocycles. The van der Waals surface area contributed by atoms with Crippen LogP contribution in [0.25, 0.3) is 22.0 Å². The number of esters is 1. The van der Waals surface area contributed by atoms with E-state index in [0.29, 0.717) is 40.1 Å². The molecule has 1 aliphatic heterocycles. The summed E-state index contributed by atoms with van der Waals surface area (Å²) in [6.07, 6.45) is 2.74. The number of likely N-dealkylation sites (tertiary alicyclic amines) is 1. The highest BCUT2D eigenvalue weighted by molar-refractivity contribution is 6.02. The first-order valence-corrected chi connectivity index (χ1v) is 14.3. The standard InChI is InChI=1S/C32H41FN4O5/c1-31(2,3)41-27(38)19-40-26-17-23(22-8-10-24(33)11-9-22)16-25-28(26)34-20-35-29(25)37(30(39)42-32(4,5)6)18-21-12-14-36(7)15-13-21/h8-11,16-17,20-21H,12-15,18-19H2,1-7H3. The second-order valence-corrected chi connectivity index (χ2v) is 12.8. The van der Waals surface area contributed by atoms with Gasteiger partial charge in [-0.25, -0.2) is 23.9 Å². The van der Waals surface area contributed by atoms with Crippen molar-refractivity contribution in [3.63, 3.8) is 0 Å². The van der Waals surface area contributed by atoms with Crippen molar-refractivity contribution >= 4 is 28.8 Å². The fourth-order valence-electron chi connectivity index (χ4n) is 4.83. The summed E-state index contributed by atoms with van der Waals surface area (Å²) in [6.45, 7) is 12.8. The largest absolute Gasteiger partial charge is 0.480 e. The van der Waals surface area contributed by atoms with E-state index in [1.165, 1.54) is 18.5 Å². The maximum atomic E-state index is 13.8. The number of anilines is 1. The highest BCUT2D eigenvalue weighted by atomic mass is 19.1. The lowest BCUT2D eigenvalue weighted by Gasteiger charge is -2.34. The highest BCUT2D eigenvalue weighted by Crippen LogP contribution is 2.36. The fraction of sp³-hybridized carbons (Fsp3) is 0.500. The van der Waals surface area contributed by atoms with Gasteiger partial charge in [0.25, 0.3) is 0 Å². The van der Waals surface area contributed by atoms with Crippen molar-refractivity contribution in [3.05, 3.63) is 48.5 Å². The van der Waals surface area contributed by atoms with Gasteiger partial charge in [0.05, 0.1) is 0 Å². The average molecular weight is 581 g/mol. The van der Waals surface area contributed by atoms with Crippen molar-refractivity contribution in [3.8, 4) is 16.9 Å². The van der Waals surface area contributed by atoms with Gasteiger partial charge in [-0.2, -0.15) is 0 Å². The van der Waals surface area contributed by atoms with Gasteiger partial charge in [-0.15, -0.1) is 0 Å². The first-order chi connectivity index (χ1) is 19.7. The number of carbonyl (C=O) groups is 2. The summed E-state index contributed by atoms with van der Waals surface area (Å²) in [5.41, 5.74) is 0.434. The molecule has 1 aromatic heterocycles. The zero-order chi connectivity index (χ0) is 30.7. The fourth-order valence-corrected chi connectivity index (χ4v) is 4.83. The first kappa shape index (κ1) is 31.2. The van der Waals surface area contributed by atoms with Crippen LogP contribution < -0.4 is 9.64 Å². The minimum absolute atomic E-state index is 0.252. The Morgan fingerprint density at radius 3 is 2.21 bits per heavy atom. The van der Waals surface area contributed by atoms with E-state index in [1.54, 1.807) is 43.9 Å². The molecule has 9 nitrogen and oxygen atoms in total. The molecule has 0 bridgehead atoms. The molecule has 0 atom stereocenters. The van der Waals surface area contributed by atoms with Crippen LogP contribution >= 0.6 is 0 Å². The molecule has 0 radical (unpaired) electrons. The lowest BCUT2D eigenvalue weighted by atomic mass is 9.96. The van der Waals surface area contributed by atoms with Crippen LogP contribution in [-0.4, -0.2) is 71.4 Å². The zero-order valence-electron chi connectivity index (χ0n) is 25.6. The summed E-state index contributed by atoms with van der Waals surface area (Å²) in [6, 6.07) is 9.64. The predicted octanol–water partition coefficient (Wildman–Crippen LogP) is 6.24. The number of hydrogen-bond acceptors (Lipinski definition) is 8. The van der Waals surface area contributed by atoms with Gasteiger partial charge in [0.2, 0.25) is 0 Å². The Morgan fingerprint density at radius 1 is 0.952 bits per heavy atom. The first-order valence-electron chi connectivity index (χ1n) is 14.3. The molecule has 1 amide bonds. The van der Waals surface area contributed by atoms with E-state index in [9.17, 15) is 14.0 Å². The molecule has 1 aliphatic rings. The number of ether oxygens (including phenoxy) is 3. The van der Waals surface area contributed by atoms with E-state index in [2.05, 4.69) is 21.9 Å². The van der Waals surface area contributed by atoms with Crippen molar-refractivity contribution in [2.75, 3.05) is 38.2 Å². The van der Waals surface area contributed by atoms with Crippen LogP contribution in [0.4, 0.5) is 15.0 Å². The van der Waals surface area contributed by atoms with Crippen LogP contribution in [-0.2, 0) is 14.3 Å². The maximum absolute atomic E-state index is 13.8. The topological polar surface area (TPSA) is 94.1 Å². The number of piperidine rings is 1. The summed E-state index contributed by atoms with van der Waals surface area (Å²) in [5.74, 6) is 0.0416. The number of fused-ring (bicyclic) bond motifs is 1. The normalized spacial score (nSPS) is 15.0. The molecular weight excluding hydrogens is 539 g/mol. The van der Waals surface area contributed by atoms with E-state index < -0.39 is 23.3 Å². The van der Waals surface area contributed by atoms with Gasteiger partial charge in [0.15, 0.2) is 6.61 Å². The van der Waals surface area contributed by atoms with Crippen LogP contribution in [0, 0.1) is 11.7 Å². The molecule has 1 fully saturated rings. The maximum Gasteiger partial charge on any atom is 0.416 e. The Labute approximate surface area is 247 Å². The molecule has 4 rings (SSSR count). The summed E-state index contributed by atoms with van der Waals surface area (Å²) in [5, 5.41) is 0.539. The van der Waals surface area contributed by atoms with Crippen molar-refractivity contribution < 1.29 is 28.2 Å². The molecule has 3 aromatic rings. The Bertz CT molecular complexity index is 1410. The SMILES string of the molecule is CN1CCC(CN(C(=O)OC(C)(C)C)c2ncnc3c(OCC(=O)OC(C)(C)C)cc(-c4ccc(F)cc4)cc23)CC1. The van der Waals surface area contributed by atoms with Gasteiger partial charge >= 0.3 is 12.1 Å². The van der Waals surface area contributed by atoms with Crippen molar-refractivity contribution in [2.24, 2.45) is 5.92 Å². The molecular formula is C32H41FN4O5. The summed E-state index contributed by atoms with van der Waals surface area (Å²) in [7, 11) is 2.09. The third kappa shape index (κ3) is 8.38. The van der Waals surface area contributed by atoms with Crippen molar-refractivity contribution in [1.82, 2.24) is 14.9 Å². The second-order valence-electron chi connectivity index (χ2n) is 12.8. The number of hydrogen-bond donors (Lipinski definition) is 0. The zero-order valence-corrected chi connectivity index (χ0v) is 25.6. The van der Waals surface area contributed by atoms with Crippen LogP contribution in [0.2, 0.25) is 0 Å². The third-order valence-electron chi connectivity index (χ3n) is 6.77. The Hall–Kier alpha value is -3.79. The van der Waals surface area contributed by atoms with E-state index in [1.807, 2.05) is 26.8 Å². The van der Waals surface area contributed by atoms with Crippen molar-refractivity contribution in [1.29, 1.82) is 0 Å². The molecule has 0 N–H and O–H groups in total. The summed E-state index contributed by atoms with van der Waals surface area (Å²) < 4.78 is 31.0. The van der Waals surface area contributed by atoms with Gasteiger partial charge in [-0.05, 0) is 116 Å². The third-order valence-corrected chi connectivity index (χ3v) is 6.77. The second kappa shape index (κ2) is 12.6. The van der Waals surface area contributed by atoms with Gasteiger partial charge < -0.3 is 19.1 Å². The monoisotopic (exact) mass is 580 g/mol. The molecule has 0 unspecified atom stereocenters. The smallest absolute Gasteiger partial charge is 0.416 e. The Morgan fingerprint density at radius 2 is 1.60 bits per heavy atom. The molecule has 10 heteroatoms. The van der Waals surface area contributed by atoms with Crippen LogP contribution in [0.5, 0.6) is 5.75 Å². The number of benzene rings is 2. The molecule has 2 heterocycles. The minimum Gasteiger partial charge on any atom is -0.480 e. The van der Waals surface area contributed by atoms with Crippen molar-refractivity contribution in [2.45, 2.75) is 65.6 Å². The molecule has 226 valence electrons. The van der Waals surface area contributed by atoms with Gasteiger partial charge in [-0.3, -0.25) is 4.90 Å². The Balaban J connectivity index is 1.81. The number of aromatic nitrogens is 2. The highest BCUT2D eigenvalue weighted by Gasteiger charge is 2.30. The molecule has 42 heavy (non-hydrogen) atoms. The number of rotatable bonds is 7. The number of amides is 1. The van der Waals surface area contributed by atoms with Crippen LogP contribution in [0.15, 0.2) is 42.7 Å². The van der Waals surface area contributed by atoms with E-state index in [4.69, 9.17) is 14.2 Å². The lowest BCUT2D eigenvalue weighted by Crippen LogP contribution is -2.43. The lowest BCUT2D eigenvalue weighted by molar-refractivity contribution is -0.157. The Kier molecular flexibility index (Phi) is 9.35. The molecule has 2 aromatic carbocycles. The molecule has 0 saturated carbocycles. The molecule has 0 aliphatic carbocycles. The van der Waals surface area contributed by atoms with Gasteiger partial charge in [0, 0.05) is 11.9 Å². The van der Waals surface area contributed by atoms with Crippen LogP contribution in [0.1, 0.15) is 54.4 Å². The minimum atomic E-state index is -0.716. The molecule has 0 spiro atoms. The van der Waals surface area contributed by atoms with Crippen LogP contribution in [0.3, 0.4) is 0 Å². The van der Waals surface area contributed by atoms with Gasteiger partial charge in [0.1, 0.15) is 40.4 Å². The van der Waals surface area contributed by atoms with E-state index in [-0.39, 0.29) is 18.3 Å². The average Bonchev–Trinajstić information content (AvgIpc) is 2.89. The van der Waals surface area contributed by atoms with E-state index in [0.717, 1.165) is 25.9 Å². The number of halogens is 1. The summed E-state index contributed by atoms with van der Waals surface area (Å²) >= 11 is 0.